The summed E-state index contributed by atoms with van der Waals surface area (Å²) < 4.78 is 23.9. The van der Waals surface area contributed by atoms with Gasteiger partial charge in [0.15, 0.2) is 18.2 Å². The molecule has 3 aromatic rings. The summed E-state index contributed by atoms with van der Waals surface area (Å²) in [4.78, 5) is 16.1. The fraction of sp³-hybridized carbons (Fsp3) is 0.250. The normalized spacial score (nSPS) is 14.2. The van der Waals surface area contributed by atoms with E-state index in [4.69, 9.17) is 9.15 Å². The van der Waals surface area contributed by atoms with Crippen molar-refractivity contribution < 1.29 is 18.3 Å². The molecule has 1 amide bonds. The van der Waals surface area contributed by atoms with Crippen LogP contribution in [0.1, 0.15) is 0 Å². The van der Waals surface area contributed by atoms with Crippen LogP contribution in [0.25, 0.3) is 11.5 Å². The molecule has 0 radical (unpaired) electrons. The third-order valence-corrected chi connectivity index (χ3v) is 4.54. The molecule has 4 rings (SSSR count). The van der Waals surface area contributed by atoms with Gasteiger partial charge in [0.2, 0.25) is 0 Å². The summed E-state index contributed by atoms with van der Waals surface area (Å²) in [6.45, 7) is 2.32. The van der Waals surface area contributed by atoms with E-state index in [2.05, 4.69) is 15.1 Å². The minimum atomic E-state index is -0.391. The zero-order chi connectivity index (χ0) is 19.3. The lowest BCUT2D eigenvalue weighted by Gasteiger charge is -2.35. The van der Waals surface area contributed by atoms with Crippen LogP contribution >= 0.6 is 0 Å². The highest BCUT2D eigenvalue weighted by Crippen LogP contribution is 2.19. The van der Waals surface area contributed by atoms with Crippen molar-refractivity contribution in [3.63, 3.8) is 0 Å². The second-order valence-electron chi connectivity index (χ2n) is 6.37. The number of benzene rings is 1. The van der Waals surface area contributed by atoms with Crippen LogP contribution in [0.5, 0.6) is 5.75 Å². The summed E-state index contributed by atoms with van der Waals surface area (Å²) in [5.74, 6) is 1.27. The van der Waals surface area contributed by atoms with Gasteiger partial charge in [-0.3, -0.25) is 4.79 Å². The molecule has 1 aliphatic rings. The lowest BCUT2D eigenvalue weighted by Crippen LogP contribution is -2.50. The fourth-order valence-corrected chi connectivity index (χ4v) is 3.03. The number of hydrogen-bond donors (Lipinski definition) is 0. The largest absolute Gasteiger partial charge is 0.484 e. The van der Waals surface area contributed by atoms with Gasteiger partial charge in [-0.25, -0.2) is 4.39 Å². The number of amides is 1. The second kappa shape index (κ2) is 8.08. The molecular weight excluding hydrogens is 363 g/mol. The Morgan fingerprint density at radius 3 is 2.61 bits per heavy atom. The van der Waals surface area contributed by atoms with E-state index in [9.17, 15) is 9.18 Å². The molecule has 0 unspecified atom stereocenters. The summed E-state index contributed by atoms with van der Waals surface area (Å²) in [5, 5.41) is 8.47. The maximum Gasteiger partial charge on any atom is 0.260 e. The van der Waals surface area contributed by atoms with Gasteiger partial charge in [0, 0.05) is 32.2 Å². The van der Waals surface area contributed by atoms with E-state index < -0.39 is 5.82 Å². The number of hydrogen-bond acceptors (Lipinski definition) is 6. The predicted molar refractivity (Wildman–Crippen MR) is 100 cm³/mol. The van der Waals surface area contributed by atoms with Crippen molar-refractivity contribution in [3.05, 3.63) is 60.6 Å². The summed E-state index contributed by atoms with van der Waals surface area (Å²) in [6.07, 6.45) is 1.60. The Labute approximate surface area is 161 Å². The molecule has 2 aromatic heterocycles. The molecule has 1 aromatic carbocycles. The Bertz CT molecular complexity index is 923. The van der Waals surface area contributed by atoms with E-state index in [-0.39, 0.29) is 12.5 Å². The molecule has 0 atom stereocenters. The molecule has 0 saturated carbocycles. The Kier molecular flexibility index (Phi) is 5.18. The number of halogens is 1. The van der Waals surface area contributed by atoms with E-state index in [0.717, 1.165) is 5.82 Å². The van der Waals surface area contributed by atoms with E-state index in [1.807, 2.05) is 18.2 Å². The van der Waals surface area contributed by atoms with Crippen molar-refractivity contribution in [2.75, 3.05) is 37.7 Å². The first-order valence-corrected chi connectivity index (χ1v) is 8.98. The average Bonchev–Trinajstić information content (AvgIpc) is 3.27. The molecule has 3 heterocycles. The number of anilines is 1. The van der Waals surface area contributed by atoms with Gasteiger partial charge in [0.1, 0.15) is 17.3 Å². The molecule has 1 saturated heterocycles. The van der Waals surface area contributed by atoms with Crippen molar-refractivity contribution in [1.82, 2.24) is 15.1 Å². The van der Waals surface area contributed by atoms with Gasteiger partial charge < -0.3 is 19.0 Å². The Hall–Kier alpha value is -3.42. The highest BCUT2D eigenvalue weighted by molar-refractivity contribution is 5.78. The SMILES string of the molecule is O=C(COc1cccc(F)c1)N1CCN(c2ccc(-c3ccco3)nn2)CC1. The van der Waals surface area contributed by atoms with Crippen LogP contribution in [0, 0.1) is 5.82 Å². The second-order valence-corrected chi connectivity index (χ2v) is 6.37. The van der Waals surface area contributed by atoms with Gasteiger partial charge >= 0.3 is 0 Å². The number of aromatic nitrogens is 2. The summed E-state index contributed by atoms with van der Waals surface area (Å²) in [6, 6.07) is 13.2. The number of carbonyl (C=O) groups is 1. The minimum absolute atomic E-state index is 0.110. The van der Waals surface area contributed by atoms with Crippen LogP contribution in [-0.4, -0.2) is 53.8 Å². The molecule has 1 aliphatic heterocycles. The molecule has 144 valence electrons. The van der Waals surface area contributed by atoms with Crippen molar-refractivity contribution in [1.29, 1.82) is 0 Å². The lowest BCUT2D eigenvalue weighted by molar-refractivity contribution is -0.133. The zero-order valence-corrected chi connectivity index (χ0v) is 15.1. The van der Waals surface area contributed by atoms with Crippen LogP contribution < -0.4 is 9.64 Å². The molecule has 7 nitrogen and oxygen atoms in total. The highest BCUT2D eigenvalue weighted by atomic mass is 19.1. The van der Waals surface area contributed by atoms with E-state index >= 15 is 0 Å². The van der Waals surface area contributed by atoms with Crippen molar-refractivity contribution in [3.8, 4) is 17.2 Å². The summed E-state index contributed by atoms with van der Waals surface area (Å²) >= 11 is 0. The third kappa shape index (κ3) is 4.11. The first kappa shape index (κ1) is 18.0. The Morgan fingerprint density at radius 2 is 1.93 bits per heavy atom. The number of piperazine rings is 1. The third-order valence-electron chi connectivity index (χ3n) is 4.54. The van der Waals surface area contributed by atoms with Crippen LogP contribution in [-0.2, 0) is 4.79 Å². The predicted octanol–water partition coefficient (Wildman–Crippen LogP) is 2.60. The van der Waals surface area contributed by atoms with Crippen LogP contribution in [0.15, 0.2) is 59.2 Å². The molecule has 0 bridgehead atoms. The first-order chi connectivity index (χ1) is 13.7. The molecule has 0 spiro atoms. The van der Waals surface area contributed by atoms with E-state index in [1.54, 1.807) is 29.4 Å². The maximum absolute atomic E-state index is 13.2. The van der Waals surface area contributed by atoms with Crippen LogP contribution in [0.3, 0.4) is 0 Å². The molecule has 0 aliphatic carbocycles. The van der Waals surface area contributed by atoms with Gasteiger partial charge in [-0.15, -0.1) is 10.2 Å². The van der Waals surface area contributed by atoms with Gasteiger partial charge in [-0.05, 0) is 36.4 Å². The molecule has 1 fully saturated rings. The first-order valence-electron chi connectivity index (χ1n) is 8.98. The molecule has 28 heavy (non-hydrogen) atoms. The van der Waals surface area contributed by atoms with Gasteiger partial charge in [-0.2, -0.15) is 0 Å². The number of carbonyl (C=O) groups excluding carboxylic acids is 1. The van der Waals surface area contributed by atoms with E-state index in [0.29, 0.717) is 43.4 Å². The van der Waals surface area contributed by atoms with Crippen molar-refractivity contribution in [2.45, 2.75) is 0 Å². The topological polar surface area (TPSA) is 71.7 Å². The Balaban J connectivity index is 1.28. The number of ether oxygens (including phenoxy) is 1. The highest BCUT2D eigenvalue weighted by Gasteiger charge is 2.22. The Morgan fingerprint density at radius 1 is 1.07 bits per heavy atom. The van der Waals surface area contributed by atoms with Gasteiger partial charge in [-0.1, -0.05) is 6.07 Å². The molecular formula is C20H19FN4O3. The van der Waals surface area contributed by atoms with Crippen LogP contribution in [0.4, 0.5) is 10.2 Å². The van der Waals surface area contributed by atoms with Crippen molar-refractivity contribution >= 4 is 11.7 Å². The van der Waals surface area contributed by atoms with Crippen LogP contribution in [0.2, 0.25) is 0 Å². The fourth-order valence-electron chi connectivity index (χ4n) is 3.03. The molecule has 8 heteroatoms. The minimum Gasteiger partial charge on any atom is -0.484 e. The summed E-state index contributed by atoms with van der Waals surface area (Å²) in [7, 11) is 0. The standard InChI is InChI=1S/C20H19FN4O3/c21-15-3-1-4-16(13-15)28-14-20(26)25-10-8-24(9-11-25)19-7-6-17(22-23-19)18-5-2-12-27-18/h1-7,12-13H,8-11,14H2. The molecule has 0 N–H and O–H groups in total. The quantitative estimate of drug-likeness (QED) is 0.676. The summed E-state index contributed by atoms with van der Waals surface area (Å²) in [5.41, 5.74) is 0.678. The number of nitrogens with zero attached hydrogens (tertiary/aromatic N) is 4. The smallest absolute Gasteiger partial charge is 0.260 e. The van der Waals surface area contributed by atoms with Crippen molar-refractivity contribution in [2.24, 2.45) is 0 Å². The number of furan rings is 1. The zero-order valence-electron chi connectivity index (χ0n) is 15.1. The van der Waals surface area contributed by atoms with E-state index in [1.165, 1.54) is 12.1 Å². The lowest BCUT2D eigenvalue weighted by atomic mass is 10.2. The van der Waals surface area contributed by atoms with Gasteiger partial charge in [0.05, 0.1) is 6.26 Å². The van der Waals surface area contributed by atoms with Gasteiger partial charge in [0.25, 0.3) is 5.91 Å². The monoisotopic (exact) mass is 382 g/mol. The average molecular weight is 382 g/mol. The number of rotatable bonds is 5. The maximum atomic E-state index is 13.2.